The number of aryl methyl sites for hydroxylation is 1. The van der Waals surface area contributed by atoms with E-state index < -0.39 is 17.9 Å². The number of carbonyl (C=O) groups excluding carboxylic acids is 2. The van der Waals surface area contributed by atoms with E-state index in [1.165, 1.54) is 5.56 Å². The van der Waals surface area contributed by atoms with Gasteiger partial charge in [0.15, 0.2) is 5.92 Å². The maximum atomic E-state index is 11.5. The van der Waals surface area contributed by atoms with Crippen LogP contribution in [0.5, 0.6) is 0 Å². The molecule has 0 bridgehead atoms. The molecule has 96 valence electrons. The maximum Gasteiger partial charge on any atom is 0.324 e. The Hall–Kier alpha value is -1.84. The van der Waals surface area contributed by atoms with Crippen LogP contribution in [0.2, 0.25) is 0 Å². The van der Waals surface area contributed by atoms with E-state index in [1.54, 1.807) is 6.92 Å². The Morgan fingerprint density at radius 1 is 1.33 bits per heavy atom. The molecule has 4 nitrogen and oxygen atoms in total. The highest BCUT2D eigenvalue weighted by Crippen LogP contribution is 2.23. The summed E-state index contributed by atoms with van der Waals surface area (Å²) in [5, 5.41) is 0. The summed E-state index contributed by atoms with van der Waals surface area (Å²) in [6.07, 6.45) is 1.27. The fourth-order valence-corrected chi connectivity index (χ4v) is 1.92. The molecule has 0 aliphatic carbocycles. The molecule has 1 aliphatic rings. The van der Waals surface area contributed by atoms with Crippen LogP contribution in [-0.4, -0.2) is 24.6 Å². The number of esters is 2. The number of hydrogen-bond donors (Lipinski definition) is 0. The quantitative estimate of drug-likeness (QED) is 0.452. The average molecular weight is 248 g/mol. The summed E-state index contributed by atoms with van der Waals surface area (Å²) in [5.41, 5.74) is 1.21. The molecular weight excluding hydrogens is 232 g/mol. The summed E-state index contributed by atoms with van der Waals surface area (Å²) in [5.74, 6) is -1.66. The van der Waals surface area contributed by atoms with Crippen LogP contribution in [0.15, 0.2) is 30.3 Å². The molecule has 18 heavy (non-hydrogen) atoms. The van der Waals surface area contributed by atoms with Crippen molar-refractivity contribution in [2.24, 2.45) is 5.92 Å². The summed E-state index contributed by atoms with van der Waals surface area (Å²) in [6, 6.07) is 9.99. The van der Waals surface area contributed by atoms with Crippen molar-refractivity contribution in [2.45, 2.75) is 25.9 Å². The van der Waals surface area contributed by atoms with Crippen LogP contribution in [0.4, 0.5) is 0 Å². The summed E-state index contributed by atoms with van der Waals surface area (Å²) < 4.78 is 9.78. The molecule has 2 rings (SSSR count). The van der Waals surface area contributed by atoms with Crippen molar-refractivity contribution in [3.8, 4) is 0 Å². The summed E-state index contributed by atoms with van der Waals surface area (Å²) in [7, 11) is 0. The molecule has 1 aromatic carbocycles. The van der Waals surface area contributed by atoms with E-state index in [-0.39, 0.29) is 6.10 Å². The van der Waals surface area contributed by atoms with Crippen molar-refractivity contribution < 1.29 is 19.1 Å². The van der Waals surface area contributed by atoms with E-state index in [9.17, 15) is 9.59 Å². The normalized spacial score (nSPS) is 21.9. The molecule has 1 aliphatic heterocycles. The topological polar surface area (TPSA) is 52.6 Å². The number of ether oxygens (including phenoxy) is 2. The van der Waals surface area contributed by atoms with Crippen molar-refractivity contribution in [1.29, 1.82) is 0 Å². The van der Waals surface area contributed by atoms with E-state index in [2.05, 4.69) is 0 Å². The van der Waals surface area contributed by atoms with E-state index >= 15 is 0 Å². The molecule has 1 fully saturated rings. The summed E-state index contributed by atoms with van der Waals surface area (Å²) in [6.45, 7) is 2.03. The third-order valence-electron chi connectivity index (χ3n) is 2.98. The Balaban J connectivity index is 1.67. The fraction of sp³-hybridized carbons (Fsp3) is 0.429. The molecule has 1 aromatic rings. The number of hydrogen-bond acceptors (Lipinski definition) is 4. The lowest BCUT2D eigenvalue weighted by Gasteiger charge is -2.30. The van der Waals surface area contributed by atoms with Gasteiger partial charge in [-0.2, -0.15) is 0 Å². The molecule has 4 heteroatoms. The molecule has 0 spiro atoms. The van der Waals surface area contributed by atoms with Gasteiger partial charge in [-0.25, -0.2) is 0 Å². The predicted molar refractivity (Wildman–Crippen MR) is 64.8 cm³/mol. The van der Waals surface area contributed by atoms with Gasteiger partial charge in [-0.1, -0.05) is 30.3 Å². The highest BCUT2D eigenvalue weighted by molar-refractivity contribution is 5.99. The minimum Gasteiger partial charge on any atom is -0.465 e. The van der Waals surface area contributed by atoms with Gasteiger partial charge in [0.25, 0.3) is 0 Å². The first-order valence-corrected chi connectivity index (χ1v) is 6.09. The zero-order valence-electron chi connectivity index (χ0n) is 10.3. The smallest absolute Gasteiger partial charge is 0.324 e. The van der Waals surface area contributed by atoms with Gasteiger partial charge in [0.2, 0.25) is 0 Å². The van der Waals surface area contributed by atoms with Gasteiger partial charge in [0.05, 0.1) is 6.61 Å². The number of carbonyl (C=O) groups is 2. The van der Waals surface area contributed by atoms with Crippen LogP contribution in [0.1, 0.15) is 18.9 Å². The highest BCUT2D eigenvalue weighted by Gasteiger charge is 2.46. The van der Waals surface area contributed by atoms with Crippen LogP contribution in [0.25, 0.3) is 0 Å². The SMILES string of the molecule is C[C@@H]1OC(=O)[C@H]1C(=O)OCCCc1ccccc1. The molecule has 0 saturated carbocycles. The van der Waals surface area contributed by atoms with Gasteiger partial charge in [-0.3, -0.25) is 9.59 Å². The first-order chi connectivity index (χ1) is 8.68. The van der Waals surface area contributed by atoms with Crippen molar-refractivity contribution in [3.63, 3.8) is 0 Å². The molecule has 0 aromatic heterocycles. The molecule has 2 atom stereocenters. The second kappa shape index (κ2) is 5.67. The van der Waals surface area contributed by atoms with Crippen LogP contribution in [0, 0.1) is 5.92 Å². The number of cyclic esters (lactones) is 1. The first-order valence-electron chi connectivity index (χ1n) is 6.09. The Morgan fingerprint density at radius 2 is 2.06 bits per heavy atom. The maximum absolute atomic E-state index is 11.5. The lowest BCUT2D eigenvalue weighted by atomic mass is 9.99. The third kappa shape index (κ3) is 2.88. The highest BCUT2D eigenvalue weighted by atomic mass is 16.6. The van der Waals surface area contributed by atoms with Crippen molar-refractivity contribution >= 4 is 11.9 Å². The molecule has 1 saturated heterocycles. The predicted octanol–water partition coefficient (Wildman–Crippen LogP) is 1.72. The zero-order chi connectivity index (χ0) is 13.0. The monoisotopic (exact) mass is 248 g/mol. The van der Waals surface area contributed by atoms with Crippen LogP contribution < -0.4 is 0 Å². The second-order valence-electron chi connectivity index (χ2n) is 4.38. The summed E-state index contributed by atoms with van der Waals surface area (Å²) >= 11 is 0. The largest absolute Gasteiger partial charge is 0.465 e. The van der Waals surface area contributed by atoms with Crippen LogP contribution >= 0.6 is 0 Å². The van der Waals surface area contributed by atoms with Gasteiger partial charge in [0.1, 0.15) is 6.10 Å². The molecule has 0 radical (unpaired) electrons. The average Bonchev–Trinajstić information content (AvgIpc) is 2.35. The van der Waals surface area contributed by atoms with Gasteiger partial charge >= 0.3 is 11.9 Å². The van der Waals surface area contributed by atoms with E-state index in [1.807, 2.05) is 30.3 Å². The Labute approximate surface area is 106 Å². The summed E-state index contributed by atoms with van der Waals surface area (Å²) in [4.78, 5) is 22.5. The fourth-order valence-electron chi connectivity index (χ4n) is 1.92. The minimum atomic E-state index is -0.721. The second-order valence-corrected chi connectivity index (χ2v) is 4.38. The van der Waals surface area contributed by atoms with Gasteiger partial charge < -0.3 is 9.47 Å². The van der Waals surface area contributed by atoms with Crippen molar-refractivity contribution in [2.75, 3.05) is 6.61 Å². The van der Waals surface area contributed by atoms with Crippen LogP contribution in [0.3, 0.4) is 0 Å². The molecule has 1 heterocycles. The zero-order valence-corrected chi connectivity index (χ0v) is 10.3. The van der Waals surface area contributed by atoms with Gasteiger partial charge in [0, 0.05) is 0 Å². The van der Waals surface area contributed by atoms with Crippen LogP contribution in [-0.2, 0) is 25.5 Å². The number of benzene rings is 1. The van der Waals surface area contributed by atoms with Gasteiger partial charge in [-0.05, 0) is 25.3 Å². The minimum absolute atomic E-state index is 0.338. The number of rotatable bonds is 5. The Kier molecular flexibility index (Phi) is 3.97. The third-order valence-corrected chi connectivity index (χ3v) is 2.98. The first kappa shape index (κ1) is 12.6. The van der Waals surface area contributed by atoms with Crippen molar-refractivity contribution in [1.82, 2.24) is 0 Å². The van der Waals surface area contributed by atoms with Crippen molar-refractivity contribution in [3.05, 3.63) is 35.9 Å². The lowest BCUT2D eigenvalue weighted by molar-refractivity contribution is -0.192. The van der Waals surface area contributed by atoms with Gasteiger partial charge in [-0.15, -0.1) is 0 Å². The van der Waals surface area contributed by atoms with E-state index in [4.69, 9.17) is 9.47 Å². The molecule has 0 unspecified atom stereocenters. The Morgan fingerprint density at radius 3 is 2.67 bits per heavy atom. The molecule has 0 N–H and O–H groups in total. The lowest BCUT2D eigenvalue weighted by Crippen LogP contribution is -2.48. The Bertz CT molecular complexity index is 427. The molecule has 0 amide bonds. The van der Waals surface area contributed by atoms with E-state index in [0.717, 1.165) is 12.8 Å². The standard InChI is InChI=1S/C14H16O4/c1-10-12(14(16)18-10)13(15)17-9-5-8-11-6-3-2-4-7-11/h2-4,6-7,10,12H,5,8-9H2,1H3/t10-,12+/m0/s1. The molecular formula is C14H16O4. The van der Waals surface area contributed by atoms with E-state index in [0.29, 0.717) is 6.61 Å².